The second-order valence-electron chi connectivity index (χ2n) is 5.72. The number of pyridine rings is 1. The molecular weight excluding hydrogens is 376 g/mol. The number of benzene rings is 2. The van der Waals surface area contributed by atoms with Crippen LogP contribution in [0, 0.1) is 0 Å². The predicted molar refractivity (Wildman–Crippen MR) is 113 cm³/mol. The summed E-state index contributed by atoms with van der Waals surface area (Å²) < 4.78 is 6.35. The van der Waals surface area contributed by atoms with Gasteiger partial charge in [-0.2, -0.15) is 0 Å². The molecule has 6 heteroatoms. The van der Waals surface area contributed by atoms with Gasteiger partial charge >= 0.3 is 0 Å². The molecule has 2 aromatic carbocycles. The fourth-order valence-electron chi connectivity index (χ4n) is 2.62. The molecule has 0 aliphatic carbocycles. The fraction of sp³-hybridized carbons (Fsp3) is 0. The average molecular weight is 390 g/mol. The monoisotopic (exact) mass is 390 g/mol. The minimum atomic E-state index is -0.146. The summed E-state index contributed by atoms with van der Waals surface area (Å²) in [6, 6.07) is 20.8. The van der Waals surface area contributed by atoms with Gasteiger partial charge in [-0.15, -0.1) is 0 Å². The largest absolute Gasteiger partial charge is 0.457 e. The average Bonchev–Trinajstić information content (AvgIpc) is 2.97. The van der Waals surface area contributed by atoms with Gasteiger partial charge in [-0.05, 0) is 48.0 Å². The summed E-state index contributed by atoms with van der Waals surface area (Å²) in [6.07, 6.45) is 5.12. The number of anilines is 1. The van der Waals surface area contributed by atoms with E-state index in [0.717, 1.165) is 11.3 Å². The first-order chi connectivity index (χ1) is 13.2. The van der Waals surface area contributed by atoms with Crippen molar-refractivity contribution in [1.29, 1.82) is 0 Å². The summed E-state index contributed by atoms with van der Waals surface area (Å²) in [4.78, 5) is 18.9. The highest BCUT2D eigenvalue weighted by atomic mass is 32.2. The summed E-state index contributed by atoms with van der Waals surface area (Å²) in [6.45, 7) is 0. The lowest BCUT2D eigenvalue weighted by atomic mass is 10.2. The molecule has 132 valence electrons. The number of amides is 1. The van der Waals surface area contributed by atoms with E-state index in [1.807, 2.05) is 66.7 Å². The molecule has 0 spiro atoms. The zero-order valence-corrected chi connectivity index (χ0v) is 15.7. The lowest BCUT2D eigenvalue weighted by Crippen LogP contribution is -2.27. The van der Waals surface area contributed by atoms with E-state index < -0.39 is 0 Å². The first kappa shape index (κ1) is 17.5. The summed E-state index contributed by atoms with van der Waals surface area (Å²) in [5.41, 5.74) is 1.54. The Morgan fingerprint density at radius 1 is 1.00 bits per heavy atom. The van der Waals surface area contributed by atoms with Crippen LogP contribution in [-0.4, -0.2) is 15.2 Å². The molecular formula is C21H14N2O2S2. The molecule has 4 nitrogen and oxygen atoms in total. The van der Waals surface area contributed by atoms with Crippen LogP contribution in [0.1, 0.15) is 5.56 Å². The van der Waals surface area contributed by atoms with E-state index in [2.05, 4.69) is 4.98 Å². The van der Waals surface area contributed by atoms with E-state index in [1.165, 1.54) is 16.7 Å². The van der Waals surface area contributed by atoms with Crippen molar-refractivity contribution < 1.29 is 9.53 Å². The third-order valence-electron chi connectivity index (χ3n) is 3.83. The molecule has 0 saturated carbocycles. The summed E-state index contributed by atoms with van der Waals surface area (Å²) in [5, 5.41) is 0. The number of nitrogens with zero attached hydrogens (tertiary/aromatic N) is 2. The van der Waals surface area contributed by atoms with Crippen LogP contribution in [0.2, 0.25) is 0 Å². The zero-order chi connectivity index (χ0) is 18.6. The number of rotatable bonds is 4. The number of thiocarbonyl (C=S) groups is 1. The van der Waals surface area contributed by atoms with E-state index >= 15 is 0 Å². The van der Waals surface area contributed by atoms with Crippen LogP contribution < -0.4 is 9.64 Å². The number of para-hydroxylation sites is 1. The Kier molecular flexibility index (Phi) is 5.00. The van der Waals surface area contributed by atoms with Crippen LogP contribution in [0.15, 0.2) is 84.0 Å². The van der Waals surface area contributed by atoms with E-state index in [9.17, 15) is 4.79 Å². The lowest BCUT2D eigenvalue weighted by molar-refractivity contribution is -0.113. The van der Waals surface area contributed by atoms with Gasteiger partial charge in [0.1, 0.15) is 11.5 Å². The van der Waals surface area contributed by atoms with Gasteiger partial charge < -0.3 is 4.74 Å². The summed E-state index contributed by atoms with van der Waals surface area (Å²) in [5.74, 6) is 1.32. The van der Waals surface area contributed by atoms with Crippen molar-refractivity contribution in [2.45, 2.75) is 0 Å². The van der Waals surface area contributed by atoms with E-state index in [4.69, 9.17) is 17.0 Å². The number of aromatic nitrogens is 1. The van der Waals surface area contributed by atoms with Crippen molar-refractivity contribution in [1.82, 2.24) is 4.98 Å². The van der Waals surface area contributed by atoms with Gasteiger partial charge in [-0.1, -0.05) is 54.3 Å². The Labute approximate surface area is 166 Å². The Hall–Kier alpha value is -2.96. The highest BCUT2D eigenvalue weighted by molar-refractivity contribution is 8.27. The smallest absolute Gasteiger partial charge is 0.270 e. The molecule has 0 bridgehead atoms. The van der Waals surface area contributed by atoms with E-state index in [-0.39, 0.29) is 5.91 Å². The highest BCUT2D eigenvalue weighted by Crippen LogP contribution is 2.36. The molecule has 3 aromatic rings. The fourth-order valence-corrected chi connectivity index (χ4v) is 3.92. The molecule has 0 unspecified atom stereocenters. The highest BCUT2D eigenvalue weighted by Gasteiger charge is 2.33. The van der Waals surface area contributed by atoms with Crippen LogP contribution in [0.4, 0.5) is 5.69 Å². The van der Waals surface area contributed by atoms with Gasteiger partial charge in [0.15, 0.2) is 4.32 Å². The van der Waals surface area contributed by atoms with Crippen LogP contribution in [-0.2, 0) is 4.79 Å². The molecule has 1 fully saturated rings. The van der Waals surface area contributed by atoms with Crippen LogP contribution in [0.5, 0.6) is 11.5 Å². The molecule has 1 aliphatic rings. The normalized spacial score (nSPS) is 15.4. The lowest BCUT2D eigenvalue weighted by Gasteiger charge is -2.13. The predicted octanol–water partition coefficient (Wildman–Crippen LogP) is 5.28. The maximum absolute atomic E-state index is 12.8. The SMILES string of the molecule is O=C1/C(=C/c2cccc(Oc3ccccc3)c2)SC(=S)N1c1cccnc1. The minimum absolute atomic E-state index is 0.146. The summed E-state index contributed by atoms with van der Waals surface area (Å²) in [7, 11) is 0. The standard InChI is InChI=1S/C21H14N2O2S2/c24-20-19(27-21(26)23(20)16-7-5-11-22-14-16)13-15-6-4-10-18(12-15)25-17-8-2-1-3-9-17/h1-14H/b19-13-. The van der Waals surface area contributed by atoms with Crippen LogP contribution in [0.3, 0.4) is 0 Å². The third-order valence-corrected chi connectivity index (χ3v) is 5.13. The van der Waals surface area contributed by atoms with Crippen molar-refractivity contribution >= 4 is 46.0 Å². The zero-order valence-electron chi connectivity index (χ0n) is 14.1. The molecule has 2 heterocycles. The number of thioether (sulfide) groups is 1. The number of carbonyl (C=O) groups is 1. The van der Waals surface area contributed by atoms with Crippen molar-refractivity contribution in [2.75, 3.05) is 4.90 Å². The molecule has 1 saturated heterocycles. The summed E-state index contributed by atoms with van der Waals surface area (Å²) >= 11 is 6.66. The Morgan fingerprint density at radius 3 is 2.59 bits per heavy atom. The van der Waals surface area contributed by atoms with Gasteiger partial charge in [0.2, 0.25) is 0 Å². The molecule has 1 aromatic heterocycles. The topological polar surface area (TPSA) is 42.4 Å². The minimum Gasteiger partial charge on any atom is -0.457 e. The molecule has 0 atom stereocenters. The van der Waals surface area contributed by atoms with Gasteiger partial charge in [0, 0.05) is 6.20 Å². The van der Waals surface area contributed by atoms with Crippen LogP contribution >= 0.6 is 24.0 Å². The van der Waals surface area contributed by atoms with E-state index in [1.54, 1.807) is 18.5 Å². The molecule has 27 heavy (non-hydrogen) atoms. The number of hydrogen-bond donors (Lipinski definition) is 0. The number of ether oxygens (including phenoxy) is 1. The number of carbonyl (C=O) groups excluding carboxylic acids is 1. The Balaban J connectivity index is 1.58. The first-order valence-electron chi connectivity index (χ1n) is 8.22. The second kappa shape index (κ2) is 7.73. The molecule has 4 rings (SSSR count). The second-order valence-corrected chi connectivity index (χ2v) is 7.39. The van der Waals surface area contributed by atoms with Crippen molar-refractivity contribution in [2.24, 2.45) is 0 Å². The van der Waals surface area contributed by atoms with Gasteiger partial charge in [-0.25, -0.2) is 0 Å². The molecule has 0 radical (unpaired) electrons. The van der Waals surface area contributed by atoms with Crippen molar-refractivity contribution in [3.63, 3.8) is 0 Å². The van der Waals surface area contributed by atoms with Crippen molar-refractivity contribution in [3.05, 3.63) is 89.6 Å². The maximum Gasteiger partial charge on any atom is 0.270 e. The molecule has 1 amide bonds. The number of hydrogen-bond acceptors (Lipinski definition) is 5. The maximum atomic E-state index is 12.8. The quantitative estimate of drug-likeness (QED) is 0.448. The molecule has 1 aliphatic heterocycles. The molecule has 0 N–H and O–H groups in total. The Bertz CT molecular complexity index is 1020. The van der Waals surface area contributed by atoms with Gasteiger partial charge in [-0.3, -0.25) is 14.7 Å². The first-order valence-corrected chi connectivity index (χ1v) is 9.44. The van der Waals surface area contributed by atoms with E-state index in [0.29, 0.717) is 20.7 Å². The van der Waals surface area contributed by atoms with Gasteiger partial charge in [0.25, 0.3) is 5.91 Å². The third kappa shape index (κ3) is 3.92. The van der Waals surface area contributed by atoms with Crippen LogP contribution in [0.25, 0.3) is 6.08 Å². The Morgan fingerprint density at radius 2 is 1.81 bits per heavy atom. The van der Waals surface area contributed by atoms with Gasteiger partial charge in [0.05, 0.1) is 16.8 Å². The van der Waals surface area contributed by atoms with Crippen molar-refractivity contribution in [3.8, 4) is 11.5 Å².